The Morgan fingerprint density at radius 1 is 0.324 bits per heavy atom. The first-order valence-electron chi connectivity index (χ1n) is 13.7. The van der Waals surface area contributed by atoms with Gasteiger partial charge in [0.2, 0.25) is 0 Å². The van der Waals surface area contributed by atoms with Crippen LogP contribution >= 0.6 is 7.92 Å². The summed E-state index contributed by atoms with van der Waals surface area (Å²) in [4.78, 5) is 0. The molecule has 0 saturated carbocycles. The molecule has 0 spiro atoms. The first-order valence-corrected chi connectivity index (χ1v) is 15.6. The summed E-state index contributed by atoms with van der Waals surface area (Å²) >= 11 is 0. The van der Waals surface area contributed by atoms with Crippen molar-refractivity contribution in [2.75, 3.05) is 46.9 Å². The van der Waals surface area contributed by atoms with Crippen LogP contribution in [0.25, 0.3) is 0 Å². The van der Waals surface area contributed by atoms with Crippen molar-refractivity contribution in [2.24, 2.45) is 0 Å². The van der Waals surface area contributed by atoms with Crippen molar-refractivity contribution in [3.05, 3.63) is 0 Å². The quantitative estimate of drug-likeness (QED) is 0.103. The van der Waals surface area contributed by atoms with Gasteiger partial charge < -0.3 is 20.4 Å². The average Bonchev–Trinajstić information content (AvgIpc) is 2.89. The van der Waals surface area contributed by atoms with Gasteiger partial charge in [-0.25, -0.2) is 0 Å². The van der Waals surface area contributed by atoms with E-state index in [9.17, 15) is 0 Å². The van der Waals surface area contributed by atoms with Crippen molar-refractivity contribution < 1.29 is 20.4 Å². The maximum atomic E-state index is 8.25. The fourth-order valence-corrected chi connectivity index (χ4v) is 6.37. The molecule has 0 aromatic heterocycles. The van der Waals surface area contributed by atoms with Crippen LogP contribution in [0.3, 0.4) is 0 Å². The van der Waals surface area contributed by atoms with E-state index in [1.165, 1.54) is 116 Å². The molecule has 4 nitrogen and oxygen atoms in total. The van der Waals surface area contributed by atoms with Gasteiger partial charge in [-0.1, -0.05) is 117 Å². The Bertz CT molecular complexity index is 212. The molecule has 0 bridgehead atoms. The summed E-state index contributed by atoms with van der Waals surface area (Å²) in [7, 11) is 3.37. The Morgan fingerprint density at radius 2 is 0.500 bits per heavy atom. The Balaban J connectivity index is -0.000000195. The zero-order valence-electron chi connectivity index (χ0n) is 24.4. The van der Waals surface area contributed by atoms with Gasteiger partial charge in [0.1, 0.15) is 0 Å². The monoisotopic (exact) mass is 614 g/mol. The molecule has 0 aliphatic heterocycles. The zero-order chi connectivity index (χ0) is 26.4. The van der Waals surface area contributed by atoms with Crippen LogP contribution in [0.4, 0.5) is 0 Å². The van der Waals surface area contributed by atoms with Crippen LogP contribution in [0.15, 0.2) is 0 Å². The molecule has 0 amide bonds. The molecular weight excluding hydrogens is 550 g/mol. The molecule has 0 aromatic carbocycles. The average molecular weight is 613 g/mol. The number of hydrogen-bond acceptors (Lipinski definition) is 4. The molecule has 0 atom stereocenters. The topological polar surface area (TPSA) is 92.2 Å². The first kappa shape index (κ1) is 48.2. The van der Waals surface area contributed by atoms with E-state index in [-0.39, 0.29) is 23.9 Å². The SMILES string of the molecule is CCCCCCCCP(CCCCCCCC)CCCCCCCC.C[O-].C[O-].C[O-].C[O-].[Sn+4]. The molecule has 0 unspecified atom stereocenters. The maximum Gasteiger partial charge on any atom is 4.00 e. The predicted molar refractivity (Wildman–Crippen MR) is 151 cm³/mol. The van der Waals surface area contributed by atoms with E-state index in [0.717, 1.165) is 28.4 Å². The van der Waals surface area contributed by atoms with Crippen LogP contribution in [0.5, 0.6) is 0 Å². The van der Waals surface area contributed by atoms with Crippen LogP contribution in [0, 0.1) is 0 Å². The normalized spacial score (nSPS) is 9.18. The molecule has 0 N–H and O–H groups in total. The molecule has 0 heterocycles. The van der Waals surface area contributed by atoms with Gasteiger partial charge in [-0.15, -0.1) is 7.92 Å². The molecule has 208 valence electrons. The number of hydrogen-bond donors (Lipinski definition) is 0. The van der Waals surface area contributed by atoms with Crippen molar-refractivity contribution in [2.45, 2.75) is 136 Å². The van der Waals surface area contributed by atoms with Crippen molar-refractivity contribution in [3.8, 4) is 0 Å². The van der Waals surface area contributed by atoms with E-state index >= 15 is 0 Å². The Kier molecular flexibility index (Phi) is 84.0. The van der Waals surface area contributed by atoms with Gasteiger partial charge in [0, 0.05) is 0 Å². The van der Waals surface area contributed by atoms with Crippen LogP contribution in [-0.2, 0) is 0 Å². The van der Waals surface area contributed by atoms with Gasteiger partial charge in [-0.3, -0.25) is 0 Å². The van der Waals surface area contributed by atoms with E-state index in [4.69, 9.17) is 20.4 Å². The smallest absolute Gasteiger partial charge is 0.857 e. The summed E-state index contributed by atoms with van der Waals surface area (Å²) in [6.07, 6.45) is 31.2. The molecule has 0 aromatic rings. The third kappa shape index (κ3) is 54.1. The minimum atomic E-state index is 0. The molecule has 0 aliphatic carbocycles. The minimum absolute atomic E-state index is 0. The van der Waals surface area contributed by atoms with Crippen molar-refractivity contribution >= 4 is 31.8 Å². The van der Waals surface area contributed by atoms with Gasteiger partial charge in [0.15, 0.2) is 0 Å². The first-order chi connectivity index (χ1) is 16.3. The van der Waals surface area contributed by atoms with Crippen molar-refractivity contribution in [1.29, 1.82) is 0 Å². The standard InChI is InChI=1S/C24H51P.4CH3O.Sn/c1-4-7-10-13-16-19-22-25(23-20-17-14-11-8-5-2)24-21-18-15-12-9-6-3;4*1-2;/h4-24H2,1-3H3;4*1H3;/q;4*-1;+4. The molecule has 0 radical (unpaired) electrons. The maximum absolute atomic E-state index is 8.25. The second kappa shape index (κ2) is 59.3. The van der Waals surface area contributed by atoms with Gasteiger partial charge in [-0.2, -0.15) is 28.4 Å². The van der Waals surface area contributed by atoms with E-state index in [0.29, 0.717) is 7.92 Å². The second-order valence-corrected chi connectivity index (χ2v) is 10.8. The van der Waals surface area contributed by atoms with Crippen molar-refractivity contribution in [1.82, 2.24) is 0 Å². The molecule has 34 heavy (non-hydrogen) atoms. The van der Waals surface area contributed by atoms with Crippen LogP contribution in [-0.4, -0.2) is 70.8 Å². The van der Waals surface area contributed by atoms with E-state index < -0.39 is 0 Å². The van der Waals surface area contributed by atoms with E-state index in [1.807, 2.05) is 0 Å². The fraction of sp³-hybridized carbons (Fsp3) is 1.00. The summed E-state index contributed by atoms with van der Waals surface area (Å²) in [5, 5.41) is 33.0. The Hall–Kier alpha value is 1.07. The minimum Gasteiger partial charge on any atom is -0.857 e. The van der Waals surface area contributed by atoms with Crippen molar-refractivity contribution in [3.63, 3.8) is 0 Å². The Labute approximate surface area is 234 Å². The van der Waals surface area contributed by atoms with E-state index in [1.54, 1.807) is 18.5 Å². The van der Waals surface area contributed by atoms with Gasteiger partial charge in [-0.05, 0) is 37.7 Å². The Morgan fingerprint density at radius 3 is 0.706 bits per heavy atom. The second-order valence-electron chi connectivity index (χ2n) is 8.14. The summed E-state index contributed by atoms with van der Waals surface area (Å²) < 4.78 is 0. The number of unbranched alkanes of at least 4 members (excludes halogenated alkanes) is 15. The summed E-state index contributed by atoms with van der Waals surface area (Å²) in [6.45, 7) is 6.96. The predicted octanol–water partition coefficient (Wildman–Crippen LogP) is 5.08. The third-order valence-electron chi connectivity index (χ3n) is 5.48. The van der Waals surface area contributed by atoms with Gasteiger partial charge in [0.05, 0.1) is 0 Å². The largest absolute Gasteiger partial charge is 4.00 e. The van der Waals surface area contributed by atoms with Gasteiger partial charge >= 0.3 is 23.9 Å². The van der Waals surface area contributed by atoms with E-state index in [2.05, 4.69) is 20.8 Å². The van der Waals surface area contributed by atoms with Crippen LogP contribution in [0.2, 0.25) is 0 Å². The number of rotatable bonds is 21. The summed E-state index contributed by atoms with van der Waals surface area (Å²) in [5.74, 6) is 0. The molecule has 0 rings (SSSR count). The zero-order valence-corrected chi connectivity index (χ0v) is 28.2. The third-order valence-corrected chi connectivity index (χ3v) is 8.33. The van der Waals surface area contributed by atoms with Crippen LogP contribution in [0.1, 0.15) is 136 Å². The summed E-state index contributed by atoms with van der Waals surface area (Å²) in [6, 6.07) is 0. The molecule has 0 saturated heterocycles. The molecule has 6 heteroatoms. The molecule has 0 fully saturated rings. The molecule has 0 aliphatic rings. The molecular formula is C28H63O4PSn. The van der Waals surface area contributed by atoms with Crippen LogP contribution < -0.4 is 20.4 Å². The summed E-state index contributed by atoms with van der Waals surface area (Å²) in [5.41, 5.74) is 0. The fourth-order valence-electron chi connectivity index (χ4n) is 3.68. The van der Waals surface area contributed by atoms with Gasteiger partial charge in [0.25, 0.3) is 0 Å².